The Bertz CT molecular complexity index is 1520. The Morgan fingerprint density at radius 3 is 1.85 bits per heavy atom. The molecule has 0 aliphatic carbocycles. The summed E-state index contributed by atoms with van der Waals surface area (Å²) >= 11 is 0. The van der Waals surface area contributed by atoms with Crippen molar-refractivity contribution < 1.29 is 28.3 Å². The van der Waals surface area contributed by atoms with Crippen molar-refractivity contribution in [1.82, 2.24) is 4.90 Å². The van der Waals surface area contributed by atoms with Gasteiger partial charge in [0.25, 0.3) is 5.91 Å². The normalized spacial score (nSPS) is 20.5. The van der Waals surface area contributed by atoms with Crippen molar-refractivity contribution in [3.8, 4) is 0 Å². The molecule has 1 heterocycles. The van der Waals surface area contributed by atoms with E-state index >= 15 is 0 Å². The number of halogens is 2. The van der Waals surface area contributed by atoms with Gasteiger partial charge < -0.3 is 10.0 Å². The minimum atomic E-state index is -1.46. The predicted octanol–water partition coefficient (Wildman–Crippen LogP) is 6.21. The van der Waals surface area contributed by atoms with Gasteiger partial charge in [-0.1, -0.05) is 66.2 Å². The van der Waals surface area contributed by atoms with Crippen molar-refractivity contribution in [2.45, 2.75) is 24.9 Å². The number of carbonyl (C=O) groups excluding carboxylic acids is 2. The highest BCUT2D eigenvalue weighted by Crippen LogP contribution is 2.51. The molecule has 4 atom stereocenters. The summed E-state index contributed by atoms with van der Waals surface area (Å²) in [6.45, 7) is 1.84. The van der Waals surface area contributed by atoms with Gasteiger partial charge in [-0.15, -0.1) is 0 Å². The van der Waals surface area contributed by atoms with Crippen molar-refractivity contribution in [2.24, 2.45) is 5.92 Å². The van der Waals surface area contributed by atoms with Gasteiger partial charge >= 0.3 is 5.97 Å². The summed E-state index contributed by atoms with van der Waals surface area (Å²) in [5.74, 6) is -5.35. The van der Waals surface area contributed by atoms with E-state index in [9.17, 15) is 28.3 Å². The number of benzene rings is 4. The van der Waals surface area contributed by atoms with Crippen LogP contribution in [0.2, 0.25) is 0 Å². The number of nitrogens with zero attached hydrogens (tertiary/aromatic N) is 1. The van der Waals surface area contributed by atoms with Crippen molar-refractivity contribution in [2.75, 3.05) is 0 Å². The van der Waals surface area contributed by atoms with Crippen LogP contribution in [0.3, 0.4) is 0 Å². The van der Waals surface area contributed by atoms with Gasteiger partial charge in [0.15, 0.2) is 5.78 Å². The highest BCUT2D eigenvalue weighted by molar-refractivity contribution is 6.03. The molecular weight excluding hydrogens is 500 g/mol. The summed E-state index contributed by atoms with van der Waals surface area (Å²) in [7, 11) is 0. The summed E-state index contributed by atoms with van der Waals surface area (Å²) in [4.78, 5) is 42.5. The first-order valence-corrected chi connectivity index (χ1v) is 12.5. The molecule has 1 N–H and O–H groups in total. The van der Waals surface area contributed by atoms with Crippen LogP contribution in [0, 0.1) is 24.5 Å². The van der Waals surface area contributed by atoms with Crippen molar-refractivity contribution >= 4 is 17.7 Å². The van der Waals surface area contributed by atoms with Gasteiger partial charge in [-0.3, -0.25) is 9.59 Å². The fourth-order valence-corrected chi connectivity index (χ4v) is 5.57. The Morgan fingerprint density at radius 1 is 0.718 bits per heavy atom. The maximum Gasteiger partial charge on any atom is 0.327 e. The van der Waals surface area contributed by atoms with Gasteiger partial charge in [-0.2, -0.15) is 0 Å². The highest BCUT2D eigenvalue weighted by Gasteiger charge is 2.57. The molecule has 4 aromatic carbocycles. The van der Waals surface area contributed by atoms with E-state index in [4.69, 9.17) is 0 Å². The van der Waals surface area contributed by atoms with E-state index in [0.29, 0.717) is 16.7 Å². The number of carboxylic acid groups (broad SMARTS) is 1. The third-order valence-corrected chi connectivity index (χ3v) is 7.25. The molecule has 196 valence electrons. The lowest BCUT2D eigenvalue weighted by Crippen LogP contribution is -2.43. The number of amides is 1. The van der Waals surface area contributed by atoms with Crippen molar-refractivity contribution in [1.29, 1.82) is 0 Å². The summed E-state index contributed by atoms with van der Waals surface area (Å²) in [6.07, 6.45) is 0. The molecule has 0 saturated carbocycles. The van der Waals surface area contributed by atoms with Crippen LogP contribution in [0.5, 0.6) is 0 Å². The molecule has 4 aromatic rings. The Kier molecular flexibility index (Phi) is 7.07. The van der Waals surface area contributed by atoms with Crippen LogP contribution in [0.25, 0.3) is 0 Å². The smallest absolute Gasteiger partial charge is 0.327 e. The number of carbonyl (C=O) groups is 3. The topological polar surface area (TPSA) is 74.7 Å². The number of hydrogen-bond acceptors (Lipinski definition) is 3. The summed E-state index contributed by atoms with van der Waals surface area (Å²) in [5, 5.41) is 10.5. The lowest BCUT2D eigenvalue weighted by atomic mass is 9.76. The van der Waals surface area contributed by atoms with Crippen LogP contribution in [0.1, 0.15) is 49.4 Å². The van der Waals surface area contributed by atoms with Crippen LogP contribution in [-0.2, 0) is 4.79 Å². The van der Waals surface area contributed by atoms with E-state index in [-0.39, 0.29) is 11.3 Å². The fourth-order valence-electron chi connectivity index (χ4n) is 5.57. The van der Waals surface area contributed by atoms with Gasteiger partial charge in [0.05, 0.1) is 12.0 Å². The second kappa shape index (κ2) is 10.6. The molecule has 0 radical (unpaired) electrons. The average Bonchev–Trinajstić information content (AvgIpc) is 3.30. The molecule has 1 fully saturated rings. The Morgan fingerprint density at radius 2 is 1.28 bits per heavy atom. The molecule has 1 aliphatic heterocycles. The zero-order valence-electron chi connectivity index (χ0n) is 21.0. The predicted molar refractivity (Wildman–Crippen MR) is 141 cm³/mol. The Labute approximate surface area is 224 Å². The molecule has 4 unspecified atom stereocenters. The summed E-state index contributed by atoms with van der Waals surface area (Å²) in [6, 6.07) is 23.3. The summed E-state index contributed by atoms with van der Waals surface area (Å²) in [5.41, 5.74) is 2.27. The largest absolute Gasteiger partial charge is 0.480 e. The van der Waals surface area contributed by atoms with Gasteiger partial charge in [-0.05, 0) is 60.5 Å². The first kappa shape index (κ1) is 26.0. The average molecular weight is 526 g/mol. The lowest BCUT2D eigenvalue weighted by Gasteiger charge is -2.30. The Balaban J connectivity index is 1.78. The van der Waals surface area contributed by atoms with Crippen molar-refractivity contribution in [3.05, 3.63) is 143 Å². The van der Waals surface area contributed by atoms with Crippen LogP contribution in [-0.4, -0.2) is 33.7 Å². The number of likely N-dealkylation sites (tertiary alicyclic amines) is 1. The second-order valence-corrected chi connectivity index (χ2v) is 9.69. The standard InChI is InChI=1S/C32H25F2NO4/c1-19-6-5-9-23(18-19)30(36)27-26(20-10-14-24(33)15-11-20)29(32(38)39)35(31(37)22-7-3-2-4-8-22)28(27)21-12-16-25(34)17-13-21/h2-18,26-29H,1H3,(H,38,39). The molecule has 5 nitrogen and oxygen atoms in total. The second-order valence-electron chi connectivity index (χ2n) is 9.69. The van der Waals surface area contributed by atoms with E-state index in [2.05, 4.69) is 0 Å². The van der Waals surface area contributed by atoms with Crippen LogP contribution in [0.15, 0.2) is 103 Å². The SMILES string of the molecule is Cc1cccc(C(=O)C2C(c3ccc(F)cc3)C(C(=O)O)N(C(=O)c3ccccc3)C2c2ccc(F)cc2)c1. The van der Waals surface area contributed by atoms with Crippen LogP contribution >= 0.6 is 0 Å². The van der Waals surface area contributed by atoms with Crippen molar-refractivity contribution in [3.63, 3.8) is 0 Å². The molecule has 7 heteroatoms. The van der Waals surface area contributed by atoms with E-state index in [1.165, 1.54) is 53.4 Å². The molecule has 0 spiro atoms. The number of ketones is 1. The zero-order chi connectivity index (χ0) is 27.7. The quantitative estimate of drug-likeness (QED) is 0.304. The third kappa shape index (κ3) is 4.95. The molecule has 39 heavy (non-hydrogen) atoms. The van der Waals surface area contributed by atoms with E-state index in [1.54, 1.807) is 48.5 Å². The monoisotopic (exact) mass is 525 g/mol. The number of aliphatic carboxylic acids is 1. The van der Waals surface area contributed by atoms with E-state index in [0.717, 1.165) is 5.56 Å². The zero-order valence-corrected chi connectivity index (χ0v) is 21.0. The van der Waals surface area contributed by atoms with E-state index < -0.39 is 47.4 Å². The molecule has 0 bridgehead atoms. The first-order chi connectivity index (χ1) is 18.8. The van der Waals surface area contributed by atoms with Gasteiger partial charge in [0, 0.05) is 17.0 Å². The number of Topliss-reactive ketones (excluding diaryl/α,β-unsaturated/α-hetero) is 1. The minimum absolute atomic E-state index is 0.248. The maximum absolute atomic E-state index is 14.3. The number of carboxylic acids is 1. The Hall–Kier alpha value is -4.65. The fraction of sp³-hybridized carbons (Fsp3) is 0.156. The number of rotatable bonds is 6. The van der Waals surface area contributed by atoms with Gasteiger partial charge in [0.1, 0.15) is 17.7 Å². The molecule has 1 saturated heterocycles. The number of hydrogen-bond donors (Lipinski definition) is 1. The third-order valence-electron chi connectivity index (χ3n) is 7.25. The summed E-state index contributed by atoms with van der Waals surface area (Å²) < 4.78 is 27.9. The minimum Gasteiger partial charge on any atom is -0.480 e. The molecule has 0 aromatic heterocycles. The van der Waals surface area contributed by atoms with Crippen LogP contribution in [0.4, 0.5) is 8.78 Å². The lowest BCUT2D eigenvalue weighted by molar-refractivity contribution is -0.142. The van der Waals surface area contributed by atoms with E-state index in [1.807, 2.05) is 13.0 Å². The maximum atomic E-state index is 14.3. The molecule has 5 rings (SSSR count). The molecule has 1 aliphatic rings. The van der Waals surface area contributed by atoms with Gasteiger partial charge in [-0.25, -0.2) is 13.6 Å². The molecule has 1 amide bonds. The van der Waals surface area contributed by atoms with Crippen LogP contribution < -0.4 is 0 Å². The first-order valence-electron chi connectivity index (χ1n) is 12.5. The van der Waals surface area contributed by atoms with Gasteiger partial charge in [0.2, 0.25) is 0 Å². The number of aryl methyl sites for hydroxylation is 1. The highest BCUT2D eigenvalue weighted by atomic mass is 19.1. The molecular formula is C32H25F2NO4.